The summed E-state index contributed by atoms with van der Waals surface area (Å²) >= 11 is 1.38. The van der Waals surface area contributed by atoms with E-state index in [1.807, 2.05) is 23.6 Å². The largest absolute Gasteiger partial charge is 0.462 e. The molecule has 2 aromatic heterocycles. The number of carbonyl (C=O) groups is 2. The summed E-state index contributed by atoms with van der Waals surface area (Å²) in [6.45, 7) is 3.88. The van der Waals surface area contributed by atoms with Crippen molar-refractivity contribution in [3.8, 4) is 5.69 Å². The molecule has 0 spiro atoms. The molecule has 0 fully saturated rings. The third-order valence-corrected chi connectivity index (χ3v) is 4.47. The second-order valence-electron chi connectivity index (χ2n) is 5.26. The first-order valence-electron chi connectivity index (χ1n) is 7.77. The van der Waals surface area contributed by atoms with E-state index in [4.69, 9.17) is 4.74 Å². The lowest BCUT2D eigenvalue weighted by Crippen LogP contribution is -2.11. The van der Waals surface area contributed by atoms with Gasteiger partial charge in [-0.1, -0.05) is 12.1 Å². The van der Waals surface area contributed by atoms with Crippen LogP contribution in [0.4, 0.5) is 5.69 Å². The molecule has 0 saturated heterocycles. The monoisotopic (exact) mass is 355 g/mol. The fourth-order valence-corrected chi connectivity index (χ4v) is 3.01. The first-order valence-corrected chi connectivity index (χ1v) is 8.65. The van der Waals surface area contributed by atoms with E-state index in [1.165, 1.54) is 17.5 Å². The minimum atomic E-state index is -0.395. The van der Waals surface area contributed by atoms with Crippen LogP contribution in [0.2, 0.25) is 0 Å². The SMILES string of the molecule is CCOC(=O)c1cnn(-c2cccc(NC(=O)c3cccs3)c2)c1C. The highest BCUT2D eigenvalue weighted by Crippen LogP contribution is 2.20. The summed E-state index contributed by atoms with van der Waals surface area (Å²) in [5.41, 5.74) is 2.51. The van der Waals surface area contributed by atoms with Gasteiger partial charge in [-0.2, -0.15) is 5.10 Å². The topological polar surface area (TPSA) is 73.2 Å². The first-order chi connectivity index (χ1) is 12.1. The number of carbonyl (C=O) groups excluding carboxylic acids is 2. The Balaban J connectivity index is 1.85. The van der Waals surface area contributed by atoms with Gasteiger partial charge in [0, 0.05) is 5.69 Å². The van der Waals surface area contributed by atoms with Crippen molar-refractivity contribution in [3.63, 3.8) is 0 Å². The van der Waals surface area contributed by atoms with Gasteiger partial charge in [0.25, 0.3) is 5.91 Å². The van der Waals surface area contributed by atoms with Crippen LogP contribution < -0.4 is 5.32 Å². The zero-order chi connectivity index (χ0) is 17.8. The third-order valence-electron chi connectivity index (χ3n) is 3.60. The lowest BCUT2D eigenvalue weighted by atomic mass is 10.2. The molecule has 0 radical (unpaired) electrons. The van der Waals surface area contributed by atoms with Crippen molar-refractivity contribution in [1.82, 2.24) is 9.78 Å². The Kier molecular flexibility index (Phi) is 4.95. The lowest BCUT2D eigenvalue weighted by molar-refractivity contribution is 0.0525. The second kappa shape index (κ2) is 7.31. The van der Waals surface area contributed by atoms with Gasteiger partial charge in [0.1, 0.15) is 5.56 Å². The molecule has 128 valence electrons. The minimum absolute atomic E-state index is 0.156. The fraction of sp³-hybridized carbons (Fsp3) is 0.167. The van der Waals surface area contributed by atoms with Crippen LogP contribution in [0.25, 0.3) is 5.69 Å². The van der Waals surface area contributed by atoms with Gasteiger partial charge < -0.3 is 10.1 Å². The molecule has 7 heteroatoms. The van der Waals surface area contributed by atoms with Crippen molar-refractivity contribution in [2.45, 2.75) is 13.8 Å². The van der Waals surface area contributed by atoms with E-state index in [0.717, 1.165) is 5.69 Å². The molecule has 0 bridgehead atoms. The van der Waals surface area contributed by atoms with Crippen LogP contribution >= 0.6 is 11.3 Å². The summed E-state index contributed by atoms with van der Waals surface area (Å²) < 4.78 is 6.67. The highest BCUT2D eigenvalue weighted by atomic mass is 32.1. The van der Waals surface area contributed by atoms with Crippen molar-refractivity contribution in [2.75, 3.05) is 11.9 Å². The van der Waals surface area contributed by atoms with E-state index in [2.05, 4.69) is 10.4 Å². The highest BCUT2D eigenvalue weighted by molar-refractivity contribution is 7.12. The summed E-state index contributed by atoms with van der Waals surface area (Å²) in [6, 6.07) is 10.9. The molecule has 0 atom stereocenters. The number of benzene rings is 1. The van der Waals surface area contributed by atoms with Crippen LogP contribution in [0, 0.1) is 6.92 Å². The Hall–Kier alpha value is -2.93. The number of nitrogens with one attached hydrogen (secondary N) is 1. The summed E-state index contributed by atoms with van der Waals surface area (Å²) in [4.78, 5) is 24.7. The zero-order valence-electron chi connectivity index (χ0n) is 13.9. The van der Waals surface area contributed by atoms with Gasteiger partial charge in [-0.15, -0.1) is 11.3 Å². The van der Waals surface area contributed by atoms with Crippen molar-refractivity contribution in [1.29, 1.82) is 0 Å². The molecular weight excluding hydrogens is 338 g/mol. The van der Waals surface area contributed by atoms with Crippen LogP contribution in [0.15, 0.2) is 48.0 Å². The van der Waals surface area contributed by atoms with Gasteiger partial charge in [-0.3, -0.25) is 4.79 Å². The normalized spacial score (nSPS) is 10.5. The molecule has 1 aromatic carbocycles. The average molecular weight is 355 g/mol. The van der Waals surface area contributed by atoms with Crippen LogP contribution in [0.1, 0.15) is 32.6 Å². The predicted octanol–water partition coefficient (Wildman–Crippen LogP) is 3.67. The first kappa shape index (κ1) is 16.9. The van der Waals surface area contributed by atoms with Crippen LogP contribution in [0.3, 0.4) is 0 Å². The molecule has 1 amide bonds. The van der Waals surface area contributed by atoms with E-state index in [0.29, 0.717) is 28.4 Å². The second-order valence-corrected chi connectivity index (χ2v) is 6.21. The number of amides is 1. The number of thiophene rings is 1. The van der Waals surface area contributed by atoms with E-state index in [9.17, 15) is 9.59 Å². The van der Waals surface area contributed by atoms with E-state index in [1.54, 1.807) is 36.7 Å². The summed E-state index contributed by atoms with van der Waals surface area (Å²) in [7, 11) is 0. The van der Waals surface area contributed by atoms with E-state index >= 15 is 0 Å². The number of aromatic nitrogens is 2. The summed E-state index contributed by atoms with van der Waals surface area (Å²) in [5, 5.41) is 8.98. The van der Waals surface area contributed by atoms with Crippen LogP contribution in [-0.4, -0.2) is 28.3 Å². The molecule has 0 aliphatic rings. The van der Waals surface area contributed by atoms with Crippen molar-refractivity contribution in [3.05, 3.63) is 64.1 Å². The number of hydrogen-bond donors (Lipinski definition) is 1. The van der Waals surface area contributed by atoms with Crippen molar-refractivity contribution < 1.29 is 14.3 Å². The maximum absolute atomic E-state index is 12.2. The maximum Gasteiger partial charge on any atom is 0.341 e. The number of nitrogens with zero attached hydrogens (tertiary/aromatic N) is 2. The van der Waals surface area contributed by atoms with E-state index in [-0.39, 0.29) is 5.91 Å². The number of hydrogen-bond acceptors (Lipinski definition) is 5. The number of anilines is 1. The molecule has 6 nitrogen and oxygen atoms in total. The molecule has 0 aliphatic carbocycles. The summed E-state index contributed by atoms with van der Waals surface area (Å²) in [5.74, 6) is -0.551. The molecule has 25 heavy (non-hydrogen) atoms. The third kappa shape index (κ3) is 3.61. The van der Waals surface area contributed by atoms with Gasteiger partial charge in [-0.25, -0.2) is 9.48 Å². The molecule has 3 aromatic rings. The molecule has 0 saturated carbocycles. The van der Waals surface area contributed by atoms with Gasteiger partial charge in [-0.05, 0) is 43.5 Å². The van der Waals surface area contributed by atoms with Crippen molar-refractivity contribution >= 4 is 28.9 Å². The molecule has 2 heterocycles. The number of rotatable bonds is 5. The maximum atomic E-state index is 12.2. The van der Waals surface area contributed by atoms with Gasteiger partial charge in [0.2, 0.25) is 0 Å². The molecule has 1 N–H and O–H groups in total. The number of ether oxygens (including phenoxy) is 1. The lowest BCUT2D eigenvalue weighted by Gasteiger charge is -2.09. The van der Waals surface area contributed by atoms with Crippen molar-refractivity contribution in [2.24, 2.45) is 0 Å². The molecular formula is C18H17N3O3S. The quantitative estimate of drug-likeness (QED) is 0.709. The predicted molar refractivity (Wildman–Crippen MR) is 96.5 cm³/mol. The fourth-order valence-electron chi connectivity index (χ4n) is 2.40. The highest BCUT2D eigenvalue weighted by Gasteiger charge is 2.16. The Morgan fingerprint density at radius 2 is 2.12 bits per heavy atom. The number of esters is 1. The zero-order valence-corrected chi connectivity index (χ0v) is 14.7. The minimum Gasteiger partial charge on any atom is -0.462 e. The molecule has 0 unspecified atom stereocenters. The standard InChI is InChI=1S/C18H17N3O3S/c1-3-24-18(23)15-11-19-21(12(15)2)14-7-4-6-13(10-14)20-17(22)16-8-5-9-25-16/h4-11H,3H2,1-2H3,(H,20,22). The van der Waals surface area contributed by atoms with Gasteiger partial charge in [0.05, 0.1) is 29.1 Å². The van der Waals surface area contributed by atoms with Gasteiger partial charge in [0.15, 0.2) is 0 Å². The van der Waals surface area contributed by atoms with Crippen LogP contribution in [-0.2, 0) is 4.74 Å². The van der Waals surface area contributed by atoms with Gasteiger partial charge >= 0.3 is 5.97 Å². The van der Waals surface area contributed by atoms with Crippen LogP contribution in [0.5, 0.6) is 0 Å². The smallest absolute Gasteiger partial charge is 0.341 e. The Bertz CT molecular complexity index is 900. The average Bonchev–Trinajstić information content (AvgIpc) is 3.25. The molecule has 0 aliphatic heterocycles. The Morgan fingerprint density at radius 3 is 2.84 bits per heavy atom. The molecule has 3 rings (SSSR count). The summed E-state index contributed by atoms with van der Waals surface area (Å²) in [6.07, 6.45) is 1.49. The van der Waals surface area contributed by atoms with E-state index < -0.39 is 5.97 Å². The Morgan fingerprint density at radius 1 is 1.28 bits per heavy atom. The Labute approximate surface area is 149 Å².